The van der Waals surface area contributed by atoms with E-state index in [1.54, 1.807) is 14.1 Å². The van der Waals surface area contributed by atoms with Crippen LogP contribution < -0.4 is 20.9 Å². The third kappa shape index (κ3) is 5.85. The van der Waals surface area contributed by atoms with Crippen molar-refractivity contribution in [2.45, 2.75) is 13.0 Å². The third-order valence-electron chi connectivity index (χ3n) is 4.93. The molecular weight excluding hydrogens is 362 g/mol. The van der Waals surface area contributed by atoms with Crippen molar-refractivity contribution < 1.29 is 4.79 Å². The monoisotopic (exact) mass is 391 g/mol. The van der Waals surface area contributed by atoms with Gasteiger partial charge in [-0.05, 0) is 41.8 Å². The van der Waals surface area contributed by atoms with E-state index in [2.05, 4.69) is 62.3 Å². The van der Waals surface area contributed by atoms with Crippen molar-refractivity contribution in [3.63, 3.8) is 0 Å². The predicted molar refractivity (Wildman–Crippen MR) is 120 cm³/mol. The zero-order chi connectivity index (χ0) is 20.5. The molecule has 1 aliphatic rings. The van der Waals surface area contributed by atoms with Crippen LogP contribution in [0.15, 0.2) is 65.7 Å². The molecule has 0 saturated carbocycles. The maximum atomic E-state index is 11.7. The van der Waals surface area contributed by atoms with Gasteiger partial charge in [0, 0.05) is 51.5 Å². The van der Waals surface area contributed by atoms with E-state index in [0.717, 1.165) is 37.6 Å². The lowest BCUT2D eigenvalue weighted by Crippen LogP contribution is -2.37. The fourth-order valence-electron chi connectivity index (χ4n) is 3.26. The number of hydrogen-bond donors (Lipinski definition) is 3. The van der Waals surface area contributed by atoms with Crippen LogP contribution in [0.3, 0.4) is 0 Å². The summed E-state index contributed by atoms with van der Waals surface area (Å²) in [5, 5.41) is 9.33. The molecule has 2 aromatic rings. The van der Waals surface area contributed by atoms with E-state index in [0.29, 0.717) is 12.1 Å². The number of rotatable bonds is 7. The number of carbonyl (C=O) groups excluding carboxylic acids is 1. The van der Waals surface area contributed by atoms with Gasteiger partial charge in [0.15, 0.2) is 5.96 Å². The number of hydrogen-bond acceptors (Lipinski definition) is 3. The zero-order valence-corrected chi connectivity index (χ0v) is 17.1. The molecule has 2 aromatic carbocycles. The molecule has 0 spiro atoms. The van der Waals surface area contributed by atoms with Gasteiger partial charge in [-0.25, -0.2) is 0 Å². The van der Waals surface area contributed by atoms with Crippen LogP contribution >= 0.6 is 0 Å². The van der Waals surface area contributed by atoms with Crippen LogP contribution in [0.5, 0.6) is 0 Å². The lowest BCUT2D eigenvalue weighted by Gasteiger charge is -2.18. The highest BCUT2D eigenvalue weighted by molar-refractivity contribution is 5.94. The summed E-state index contributed by atoms with van der Waals surface area (Å²) in [6.45, 7) is 3.42. The molecular formula is C23H29N5O. The van der Waals surface area contributed by atoms with Crippen molar-refractivity contribution in [2.24, 2.45) is 4.99 Å². The lowest BCUT2D eigenvalue weighted by atomic mass is 10.1. The molecule has 0 saturated heterocycles. The van der Waals surface area contributed by atoms with Gasteiger partial charge in [-0.1, -0.05) is 36.4 Å². The topological polar surface area (TPSA) is 68.8 Å². The SMILES string of the molecule is CN=C(NCCc1cccc(C(=O)NC)c1)NCc1ccc(N2CC=CC2)cc1. The minimum atomic E-state index is -0.0655. The Hall–Kier alpha value is -3.28. The molecule has 0 radical (unpaired) electrons. The number of aliphatic imine (C=N–C) groups is 1. The van der Waals surface area contributed by atoms with Crippen LogP contribution in [0.1, 0.15) is 21.5 Å². The second-order valence-electron chi connectivity index (χ2n) is 6.92. The minimum Gasteiger partial charge on any atom is -0.364 e. The molecule has 6 nitrogen and oxygen atoms in total. The van der Waals surface area contributed by atoms with Gasteiger partial charge < -0.3 is 20.9 Å². The van der Waals surface area contributed by atoms with Gasteiger partial charge in [0.05, 0.1) is 0 Å². The van der Waals surface area contributed by atoms with Crippen LogP contribution in [0.25, 0.3) is 0 Å². The third-order valence-corrected chi connectivity index (χ3v) is 4.93. The first-order valence-electron chi connectivity index (χ1n) is 9.94. The average Bonchev–Trinajstić information content (AvgIpc) is 3.31. The number of carbonyl (C=O) groups is 1. The first-order valence-corrected chi connectivity index (χ1v) is 9.94. The number of nitrogens with one attached hydrogen (secondary N) is 3. The molecule has 152 valence electrons. The molecule has 1 aliphatic heterocycles. The molecule has 0 unspecified atom stereocenters. The first-order chi connectivity index (χ1) is 14.2. The zero-order valence-electron chi connectivity index (χ0n) is 17.1. The van der Waals surface area contributed by atoms with E-state index >= 15 is 0 Å². The van der Waals surface area contributed by atoms with E-state index in [4.69, 9.17) is 0 Å². The minimum absolute atomic E-state index is 0.0655. The molecule has 0 bridgehead atoms. The van der Waals surface area contributed by atoms with Crippen molar-refractivity contribution in [1.29, 1.82) is 0 Å². The lowest BCUT2D eigenvalue weighted by molar-refractivity contribution is 0.0963. The highest BCUT2D eigenvalue weighted by Gasteiger charge is 2.07. The van der Waals surface area contributed by atoms with Gasteiger partial charge in [-0.2, -0.15) is 0 Å². The van der Waals surface area contributed by atoms with Gasteiger partial charge in [-0.15, -0.1) is 0 Å². The predicted octanol–water partition coefficient (Wildman–Crippen LogP) is 2.33. The standard InChI is InChI=1S/C23H29N5O/c1-24-22(29)20-7-5-6-18(16-20)12-13-26-23(25-2)27-17-19-8-10-21(11-9-19)28-14-3-4-15-28/h3-11,16H,12-15,17H2,1-2H3,(H,24,29)(H2,25,26,27). The van der Waals surface area contributed by atoms with Gasteiger partial charge >= 0.3 is 0 Å². The van der Waals surface area contributed by atoms with Crippen molar-refractivity contribution in [3.05, 3.63) is 77.4 Å². The molecule has 0 atom stereocenters. The van der Waals surface area contributed by atoms with Crippen LogP contribution in [-0.4, -0.2) is 45.6 Å². The number of benzene rings is 2. The molecule has 1 heterocycles. The Morgan fingerprint density at radius 2 is 1.79 bits per heavy atom. The van der Waals surface area contributed by atoms with Crippen LogP contribution in [-0.2, 0) is 13.0 Å². The Labute approximate surface area is 172 Å². The largest absolute Gasteiger partial charge is 0.364 e. The number of amides is 1. The summed E-state index contributed by atoms with van der Waals surface area (Å²) in [5.41, 5.74) is 4.25. The Kier molecular flexibility index (Phi) is 7.28. The van der Waals surface area contributed by atoms with Crippen molar-refractivity contribution >= 4 is 17.6 Å². The second kappa shape index (κ2) is 10.3. The quantitative estimate of drug-likeness (QED) is 0.385. The molecule has 0 aliphatic carbocycles. The van der Waals surface area contributed by atoms with Crippen LogP contribution in [0.2, 0.25) is 0 Å². The summed E-state index contributed by atoms with van der Waals surface area (Å²) in [4.78, 5) is 18.4. The molecule has 3 N–H and O–H groups in total. The fraction of sp³-hybridized carbons (Fsp3) is 0.304. The summed E-state index contributed by atoms with van der Waals surface area (Å²) < 4.78 is 0. The molecule has 3 rings (SSSR count). The Balaban J connectivity index is 1.44. The highest BCUT2D eigenvalue weighted by atomic mass is 16.1. The smallest absolute Gasteiger partial charge is 0.251 e. The summed E-state index contributed by atoms with van der Waals surface area (Å²) >= 11 is 0. The molecule has 0 fully saturated rings. The molecule has 0 aromatic heterocycles. The van der Waals surface area contributed by atoms with E-state index in [9.17, 15) is 4.79 Å². The average molecular weight is 392 g/mol. The first kappa shape index (κ1) is 20.5. The summed E-state index contributed by atoms with van der Waals surface area (Å²) in [6.07, 6.45) is 5.20. The maximum Gasteiger partial charge on any atom is 0.251 e. The van der Waals surface area contributed by atoms with E-state index in [1.807, 2.05) is 24.3 Å². The van der Waals surface area contributed by atoms with Gasteiger partial charge in [0.2, 0.25) is 0 Å². The van der Waals surface area contributed by atoms with E-state index in [1.165, 1.54) is 11.3 Å². The number of nitrogens with zero attached hydrogens (tertiary/aromatic N) is 2. The number of anilines is 1. The fourth-order valence-corrected chi connectivity index (χ4v) is 3.26. The Morgan fingerprint density at radius 1 is 1.03 bits per heavy atom. The number of guanidine groups is 1. The van der Waals surface area contributed by atoms with E-state index in [-0.39, 0.29) is 5.91 Å². The van der Waals surface area contributed by atoms with Gasteiger partial charge in [0.1, 0.15) is 0 Å². The normalized spacial score (nSPS) is 13.4. The summed E-state index contributed by atoms with van der Waals surface area (Å²) in [6, 6.07) is 16.3. The van der Waals surface area contributed by atoms with Crippen LogP contribution in [0.4, 0.5) is 5.69 Å². The van der Waals surface area contributed by atoms with Crippen molar-refractivity contribution in [1.82, 2.24) is 16.0 Å². The second-order valence-corrected chi connectivity index (χ2v) is 6.92. The Morgan fingerprint density at radius 3 is 2.48 bits per heavy atom. The van der Waals surface area contributed by atoms with E-state index < -0.39 is 0 Å². The summed E-state index contributed by atoms with van der Waals surface area (Å²) in [5.74, 6) is 0.699. The molecule has 6 heteroatoms. The Bertz CT molecular complexity index is 865. The van der Waals surface area contributed by atoms with Gasteiger partial charge in [-0.3, -0.25) is 9.79 Å². The highest BCUT2D eigenvalue weighted by Crippen LogP contribution is 2.17. The van der Waals surface area contributed by atoms with Crippen molar-refractivity contribution in [3.8, 4) is 0 Å². The molecule has 29 heavy (non-hydrogen) atoms. The van der Waals surface area contributed by atoms with Gasteiger partial charge in [0.25, 0.3) is 5.91 Å². The van der Waals surface area contributed by atoms with Crippen molar-refractivity contribution in [2.75, 3.05) is 38.6 Å². The summed E-state index contributed by atoms with van der Waals surface area (Å²) in [7, 11) is 3.41. The molecule has 1 amide bonds. The van der Waals surface area contributed by atoms with Crippen LogP contribution in [0, 0.1) is 0 Å². The maximum absolute atomic E-state index is 11.7.